The average Bonchev–Trinajstić information content (AvgIpc) is 3.22. The van der Waals surface area contributed by atoms with Crippen LogP contribution < -0.4 is 0 Å². The highest BCUT2D eigenvalue weighted by atomic mass is 32.2. The first-order valence-corrected chi connectivity index (χ1v) is 9.01. The van der Waals surface area contributed by atoms with Gasteiger partial charge in [-0.05, 0) is 57.6 Å². The minimum atomic E-state index is -3.52. The number of benzene rings is 1. The van der Waals surface area contributed by atoms with Gasteiger partial charge in [-0.3, -0.25) is 0 Å². The third-order valence-corrected chi connectivity index (χ3v) is 6.59. The van der Waals surface area contributed by atoms with Crippen molar-refractivity contribution in [2.45, 2.75) is 56.1 Å². The molecule has 1 heterocycles. The van der Waals surface area contributed by atoms with E-state index in [9.17, 15) is 12.8 Å². The van der Waals surface area contributed by atoms with Crippen LogP contribution in [0.5, 0.6) is 0 Å². The second kappa shape index (κ2) is 5.06. The van der Waals surface area contributed by atoms with Gasteiger partial charge in [0.1, 0.15) is 5.67 Å². The van der Waals surface area contributed by atoms with Gasteiger partial charge in [0.25, 0.3) is 0 Å². The predicted molar refractivity (Wildman–Crippen MR) is 80.3 cm³/mol. The van der Waals surface area contributed by atoms with Gasteiger partial charge < -0.3 is 0 Å². The van der Waals surface area contributed by atoms with Crippen molar-refractivity contribution in [1.82, 2.24) is 4.31 Å². The fourth-order valence-corrected chi connectivity index (χ4v) is 4.86. The van der Waals surface area contributed by atoms with Crippen molar-refractivity contribution in [3.05, 3.63) is 29.8 Å². The largest absolute Gasteiger partial charge is 0.244 e. The Bertz CT molecular complexity index is 620. The molecule has 1 aromatic rings. The van der Waals surface area contributed by atoms with E-state index in [-0.39, 0.29) is 19.0 Å². The molecular formula is C16H22FNO2S. The van der Waals surface area contributed by atoms with Crippen LogP contribution in [0, 0.1) is 12.8 Å². The number of hydrogen-bond donors (Lipinski definition) is 0. The monoisotopic (exact) mass is 311 g/mol. The van der Waals surface area contributed by atoms with Crippen LogP contribution in [-0.4, -0.2) is 31.0 Å². The van der Waals surface area contributed by atoms with Gasteiger partial charge in [-0.2, -0.15) is 4.31 Å². The summed E-state index contributed by atoms with van der Waals surface area (Å²) in [6.45, 7) is 3.81. The normalized spacial score (nSPS) is 31.3. The lowest BCUT2D eigenvalue weighted by molar-refractivity contribution is 0.0637. The van der Waals surface area contributed by atoms with E-state index in [0.717, 1.165) is 18.4 Å². The second-order valence-corrected chi connectivity index (χ2v) is 8.59. The maximum absolute atomic E-state index is 14.3. The highest BCUT2D eigenvalue weighted by molar-refractivity contribution is 7.89. The Balaban J connectivity index is 1.91. The molecule has 21 heavy (non-hydrogen) atoms. The summed E-state index contributed by atoms with van der Waals surface area (Å²) in [4.78, 5) is 0.321. The summed E-state index contributed by atoms with van der Waals surface area (Å²) in [6.07, 6.45) is 2.63. The van der Waals surface area contributed by atoms with Crippen molar-refractivity contribution >= 4 is 10.0 Å². The molecule has 1 saturated carbocycles. The molecule has 0 amide bonds. The molecule has 116 valence electrons. The first kappa shape index (κ1) is 15.0. The van der Waals surface area contributed by atoms with Crippen LogP contribution in [0.1, 0.15) is 38.2 Å². The Labute approximate surface area is 126 Å². The van der Waals surface area contributed by atoms with Gasteiger partial charge >= 0.3 is 0 Å². The number of hydrogen-bond acceptors (Lipinski definition) is 2. The van der Waals surface area contributed by atoms with Gasteiger partial charge in [0.2, 0.25) is 10.0 Å². The van der Waals surface area contributed by atoms with Crippen molar-refractivity contribution in [3.8, 4) is 0 Å². The lowest BCUT2D eigenvalue weighted by Crippen LogP contribution is -2.51. The zero-order valence-electron chi connectivity index (χ0n) is 12.5. The Morgan fingerprint density at radius 3 is 2.43 bits per heavy atom. The van der Waals surface area contributed by atoms with Gasteiger partial charge in [-0.15, -0.1) is 0 Å². The van der Waals surface area contributed by atoms with Crippen molar-refractivity contribution < 1.29 is 12.8 Å². The van der Waals surface area contributed by atoms with E-state index in [2.05, 4.69) is 0 Å². The van der Waals surface area contributed by atoms with Crippen molar-refractivity contribution in [1.29, 1.82) is 0 Å². The zero-order valence-corrected chi connectivity index (χ0v) is 13.4. The first-order valence-electron chi connectivity index (χ1n) is 7.57. The van der Waals surface area contributed by atoms with Gasteiger partial charge in [-0.1, -0.05) is 17.7 Å². The molecule has 5 heteroatoms. The van der Waals surface area contributed by atoms with Crippen LogP contribution >= 0.6 is 0 Å². The summed E-state index contributed by atoms with van der Waals surface area (Å²) >= 11 is 0. The summed E-state index contributed by atoms with van der Waals surface area (Å²) in [5, 5.41) is 0. The van der Waals surface area contributed by atoms with Gasteiger partial charge in [0.05, 0.1) is 4.90 Å². The maximum Gasteiger partial charge on any atom is 0.243 e. The summed E-state index contributed by atoms with van der Waals surface area (Å²) in [7, 11) is -3.52. The highest BCUT2D eigenvalue weighted by Gasteiger charge is 2.48. The average molecular weight is 311 g/mol. The third-order valence-electron chi connectivity index (χ3n) is 4.65. The molecule has 2 aliphatic rings. The van der Waals surface area contributed by atoms with Gasteiger partial charge in [0, 0.05) is 12.6 Å². The predicted octanol–water partition coefficient (Wildman–Crippen LogP) is 3.29. The molecule has 3 rings (SSSR count). The fraction of sp³-hybridized carbons (Fsp3) is 0.625. The quantitative estimate of drug-likeness (QED) is 0.859. The molecule has 1 aromatic carbocycles. The summed E-state index contributed by atoms with van der Waals surface area (Å²) in [6, 6.07) is 6.74. The molecule has 0 radical (unpaired) electrons. The smallest absolute Gasteiger partial charge is 0.243 e. The van der Waals surface area contributed by atoms with E-state index in [0.29, 0.717) is 17.2 Å². The topological polar surface area (TPSA) is 37.4 Å². The number of nitrogens with zero attached hydrogens (tertiary/aromatic N) is 1. The van der Waals surface area contributed by atoms with Gasteiger partial charge in [0.15, 0.2) is 0 Å². The van der Waals surface area contributed by atoms with E-state index in [1.54, 1.807) is 23.4 Å². The number of rotatable bonds is 3. The molecular weight excluding hydrogens is 289 g/mol. The van der Waals surface area contributed by atoms with E-state index < -0.39 is 15.7 Å². The van der Waals surface area contributed by atoms with Crippen molar-refractivity contribution in [2.24, 2.45) is 5.92 Å². The molecule has 1 aliphatic carbocycles. The Morgan fingerprint density at radius 1 is 1.24 bits per heavy atom. The van der Waals surface area contributed by atoms with E-state index in [4.69, 9.17) is 0 Å². The number of piperidine rings is 1. The molecule has 3 nitrogen and oxygen atoms in total. The Hall–Kier alpha value is -0.940. The summed E-state index contributed by atoms with van der Waals surface area (Å²) < 4.78 is 41.6. The molecule has 1 aliphatic heterocycles. The number of alkyl halides is 1. The van der Waals surface area contributed by atoms with E-state index in [1.165, 1.54) is 0 Å². The molecule has 0 aromatic heterocycles. The maximum atomic E-state index is 14.3. The molecule has 0 N–H and O–H groups in total. The first-order chi connectivity index (χ1) is 9.79. The van der Waals surface area contributed by atoms with E-state index >= 15 is 0 Å². The van der Waals surface area contributed by atoms with Crippen LogP contribution in [0.4, 0.5) is 4.39 Å². The minimum absolute atomic E-state index is 0.181. The Kier molecular flexibility index (Phi) is 3.61. The molecule has 1 saturated heterocycles. The van der Waals surface area contributed by atoms with Crippen molar-refractivity contribution in [2.75, 3.05) is 6.54 Å². The molecule has 2 atom stereocenters. The Morgan fingerprint density at radius 2 is 1.86 bits per heavy atom. The summed E-state index contributed by atoms with van der Waals surface area (Å²) in [5.74, 6) is 0.334. The van der Waals surface area contributed by atoms with Crippen molar-refractivity contribution in [3.63, 3.8) is 0 Å². The number of sulfonamides is 1. The molecule has 2 fully saturated rings. The van der Waals surface area contributed by atoms with Crippen LogP contribution in [0.3, 0.4) is 0 Å². The molecule has 0 unspecified atom stereocenters. The highest BCUT2D eigenvalue weighted by Crippen LogP contribution is 2.44. The van der Waals surface area contributed by atoms with Crippen LogP contribution in [0.15, 0.2) is 29.2 Å². The summed E-state index contributed by atoms with van der Waals surface area (Å²) in [5.41, 5.74) is -0.213. The molecule has 0 spiro atoms. The van der Waals surface area contributed by atoms with Crippen LogP contribution in [0.25, 0.3) is 0 Å². The standard InChI is InChI=1S/C16H22FNO2S/c1-12-3-7-14(8-4-12)21(19,20)18-10-9-16(2,17)11-15(18)13-5-6-13/h3-4,7-8,13,15H,5-6,9-11H2,1-2H3/t15-,16+/m0/s1. The zero-order chi connectivity index (χ0) is 15.3. The number of aryl methyl sites for hydroxylation is 1. The lowest BCUT2D eigenvalue weighted by atomic mass is 9.89. The van der Waals surface area contributed by atoms with Gasteiger partial charge in [-0.25, -0.2) is 12.8 Å². The fourth-order valence-electron chi connectivity index (χ4n) is 3.18. The van der Waals surface area contributed by atoms with Crippen LogP contribution in [0.2, 0.25) is 0 Å². The van der Waals surface area contributed by atoms with E-state index in [1.807, 2.05) is 19.1 Å². The second-order valence-electron chi connectivity index (χ2n) is 6.70. The lowest BCUT2D eigenvalue weighted by Gasteiger charge is -2.40. The van der Waals surface area contributed by atoms with Crippen LogP contribution in [-0.2, 0) is 10.0 Å². The SMILES string of the molecule is Cc1ccc(S(=O)(=O)N2CC[C@@](C)(F)C[C@H]2C2CC2)cc1. The third kappa shape index (κ3) is 2.99. The number of halogens is 1. The molecule has 0 bridgehead atoms. The minimum Gasteiger partial charge on any atom is -0.244 e.